The normalized spacial score (nSPS) is 26.0. The van der Waals surface area contributed by atoms with Gasteiger partial charge in [-0.1, -0.05) is 56.3 Å². The summed E-state index contributed by atoms with van der Waals surface area (Å²) in [6, 6.07) is 14.3. The van der Waals surface area contributed by atoms with Gasteiger partial charge in [-0.3, -0.25) is 4.79 Å². The highest BCUT2D eigenvalue weighted by Gasteiger charge is 2.62. The van der Waals surface area contributed by atoms with Gasteiger partial charge in [0.05, 0.1) is 12.1 Å². The molecule has 0 aromatic heterocycles. The number of nitrogens with two attached hydrogens (primary N) is 1. The van der Waals surface area contributed by atoms with Gasteiger partial charge in [-0.05, 0) is 30.2 Å². The van der Waals surface area contributed by atoms with Crippen molar-refractivity contribution in [1.29, 1.82) is 0 Å². The molecule has 0 spiro atoms. The molecular formula is C21H28N2O2. The van der Waals surface area contributed by atoms with Gasteiger partial charge >= 0.3 is 0 Å². The minimum Gasteiger partial charge on any atom is -0.378 e. The van der Waals surface area contributed by atoms with E-state index in [0.717, 1.165) is 10.9 Å². The van der Waals surface area contributed by atoms with E-state index >= 15 is 0 Å². The lowest BCUT2D eigenvalue weighted by molar-refractivity contribution is -0.171. The molecule has 1 aliphatic rings. The van der Waals surface area contributed by atoms with Crippen molar-refractivity contribution in [3.8, 4) is 0 Å². The molecule has 4 nitrogen and oxygen atoms in total. The summed E-state index contributed by atoms with van der Waals surface area (Å²) in [5.41, 5.74) is 6.32. The van der Waals surface area contributed by atoms with E-state index in [1.54, 1.807) is 0 Å². The van der Waals surface area contributed by atoms with Crippen molar-refractivity contribution in [2.24, 2.45) is 11.1 Å². The van der Waals surface area contributed by atoms with Gasteiger partial charge in [-0.15, -0.1) is 0 Å². The fourth-order valence-electron chi connectivity index (χ4n) is 3.85. The molecule has 3 unspecified atom stereocenters. The fourth-order valence-corrected chi connectivity index (χ4v) is 3.85. The lowest BCUT2D eigenvalue weighted by atomic mass is 9.54. The topological polar surface area (TPSA) is 64.3 Å². The van der Waals surface area contributed by atoms with Crippen LogP contribution in [0.3, 0.4) is 0 Å². The van der Waals surface area contributed by atoms with Gasteiger partial charge in [-0.2, -0.15) is 0 Å². The van der Waals surface area contributed by atoms with Crippen molar-refractivity contribution in [3.05, 3.63) is 48.0 Å². The second-order valence-corrected chi connectivity index (χ2v) is 7.60. The van der Waals surface area contributed by atoms with E-state index in [4.69, 9.17) is 10.5 Å². The van der Waals surface area contributed by atoms with Crippen molar-refractivity contribution in [2.75, 3.05) is 6.61 Å². The Morgan fingerprint density at radius 2 is 1.96 bits per heavy atom. The number of ether oxygens (including phenoxy) is 1. The maximum atomic E-state index is 12.9. The van der Waals surface area contributed by atoms with E-state index in [9.17, 15) is 4.79 Å². The zero-order valence-corrected chi connectivity index (χ0v) is 15.5. The number of hydrogen-bond acceptors (Lipinski definition) is 3. The highest BCUT2D eigenvalue weighted by molar-refractivity contribution is 5.90. The molecule has 1 amide bonds. The quantitative estimate of drug-likeness (QED) is 0.875. The van der Waals surface area contributed by atoms with Crippen LogP contribution < -0.4 is 11.1 Å². The van der Waals surface area contributed by atoms with E-state index in [1.165, 1.54) is 5.39 Å². The molecular weight excluding hydrogens is 312 g/mol. The molecule has 2 aromatic carbocycles. The Kier molecular flexibility index (Phi) is 4.60. The van der Waals surface area contributed by atoms with Crippen LogP contribution in [0.1, 0.15) is 45.7 Å². The Morgan fingerprint density at radius 3 is 2.64 bits per heavy atom. The molecule has 1 fully saturated rings. The summed E-state index contributed by atoms with van der Waals surface area (Å²) in [5.74, 6) is -0.103. The third-order valence-electron chi connectivity index (χ3n) is 5.87. The van der Waals surface area contributed by atoms with E-state index in [0.29, 0.717) is 13.0 Å². The van der Waals surface area contributed by atoms with Crippen LogP contribution in [-0.2, 0) is 9.53 Å². The van der Waals surface area contributed by atoms with E-state index < -0.39 is 5.54 Å². The van der Waals surface area contributed by atoms with Crippen LogP contribution >= 0.6 is 0 Å². The zero-order chi connectivity index (χ0) is 18.2. The first kappa shape index (κ1) is 17.9. The molecule has 2 aromatic rings. The smallest absolute Gasteiger partial charge is 0.241 e. The van der Waals surface area contributed by atoms with Crippen molar-refractivity contribution < 1.29 is 9.53 Å². The number of carbonyl (C=O) groups excluding carboxylic acids is 1. The van der Waals surface area contributed by atoms with E-state index in [-0.39, 0.29) is 23.5 Å². The third kappa shape index (κ3) is 2.83. The molecule has 0 heterocycles. The van der Waals surface area contributed by atoms with Crippen LogP contribution in [0.4, 0.5) is 0 Å². The minimum absolute atomic E-state index is 0.0288. The standard InChI is InChI=1S/C21H28N2O2/c1-5-25-18-13-21(22,20(18,3)4)19(24)23-14(2)16-12-8-10-15-9-6-7-11-17(15)16/h6-12,14,18H,5,13,22H2,1-4H3,(H,23,24). The molecule has 3 rings (SSSR count). The summed E-state index contributed by atoms with van der Waals surface area (Å²) >= 11 is 0. The van der Waals surface area contributed by atoms with Crippen LogP contribution in [-0.4, -0.2) is 24.2 Å². The van der Waals surface area contributed by atoms with Crippen LogP contribution in [0.2, 0.25) is 0 Å². The number of rotatable bonds is 5. The van der Waals surface area contributed by atoms with Gasteiger partial charge in [-0.25, -0.2) is 0 Å². The molecule has 134 valence electrons. The van der Waals surface area contributed by atoms with E-state index in [1.807, 2.05) is 45.9 Å². The Hall–Kier alpha value is -1.91. The number of fused-ring (bicyclic) bond motifs is 1. The van der Waals surface area contributed by atoms with Gasteiger partial charge in [0, 0.05) is 18.4 Å². The Bertz CT molecular complexity index is 781. The zero-order valence-electron chi connectivity index (χ0n) is 15.5. The molecule has 0 saturated heterocycles. The van der Waals surface area contributed by atoms with Crippen molar-refractivity contribution >= 4 is 16.7 Å². The highest BCUT2D eigenvalue weighted by Crippen LogP contribution is 2.50. The molecule has 0 bridgehead atoms. The Balaban J connectivity index is 1.79. The maximum Gasteiger partial charge on any atom is 0.241 e. The number of hydrogen-bond donors (Lipinski definition) is 2. The van der Waals surface area contributed by atoms with Gasteiger partial charge in [0.25, 0.3) is 0 Å². The summed E-state index contributed by atoms with van der Waals surface area (Å²) in [6.07, 6.45) is 0.586. The fraction of sp³-hybridized carbons (Fsp3) is 0.476. The van der Waals surface area contributed by atoms with Crippen molar-refractivity contribution in [2.45, 2.75) is 51.8 Å². The Morgan fingerprint density at radius 1 is 1.28 bits per heavy atom. The summed E-state index contributed by atoms with van der Waals surface area (Å²) < 4.78 is 5.73. The molecule has 3 N–H and O–H groups in total. The average molecular weight is 340 g/mol. The maximum absolute atomic E-state index is 12.9. The second-order valence-electron chi connectivity index (χ2n) is 7.60. The highest BCUT2D eigenvalue weighted by atomic mass is 16.5. The molecule has 0 aliphatic heterocycles. The number of carbonyl (C=O) groups is 1. The lowest BCUT2D eigenvalue weighted by Crippen LogP contribution is -2.75. The first-order chi connectivity index (χ1) is 11.8. The van der Waals surface area contributed by atoms with Crippen LogP contribution in [0.5, 0.6) is 0 Å². The summed E-state index contributed by atoms with van der Waals surface area (Å²) in [5, 5.41) is 5.46. The minimum atomic E-state index is -0.897. The molecule has 4 heteroatoms. The van der Waals surface area contributed by atoms with Crippen molar-refractivity contribution in [3.63, 3.8) is 0 Å². The summed E-state index contributed by atoms with van der Waals surface area (Å²) in [7, 11) is 0. The molecule has 0 radical (unpaired) electrons. The predicted octanol–water partition coefficient (Wildman–Crippen LogP) is 3.55. The molecule has 3 atom stereocenters. The average Bonchev–Trinajstić information content (AvgIpc) is 2.60. The number of benzene rings is 2. The SMILES string of the molecule is CCOC1CC(N)(C(=O)NC(C)c2cccc3ccccc23)C1(C)C. The predicted molar refractivity (Wildman–Crippen MR) is 101 cm³/mol. The van der Waals surface area contributed by atoms with Crippen LogP contribution in [0.25, 0.3) is 10.8 Å². The lowest BCUT2D eigenvalue weighted by Gasteiger charge is -2.57. The molecule has 1 saturated carbocycles. The number of nitrogens with one attached hydrogen (secondary N) is 1. The first-order valence-corrected chi connectivity index (χ1v) is 9.00. The van der Waals surface area contributed by atoms with Crippen LogP contribution in [0, 0.1) is 5.41 Å². The number of amides is 1. The van der Waals surface area contributed by atoms with Gasteiger partial charge < -0.3 is 15.8 Å². The van der Waals surface area contributed by atoms with Crippen molar-refractivity contribution in [1.82, 2.24) is 5.32 Å². The third-order valence-corrected chi connectivity index (χ3v) is 5.87. The first-order valence-electron chi connectivity index (χ1n) is 9.00. The monoisotopic (exact) mass is 340 g/mol. The summed E-state index contributed by atoms with van der Waals surface area (Å²) in [4.78, 5) is 12.9. The van der Waals surface area contributed by atoms with Crippen LogP contribution in [0.15, 0.2) is 42.5 Å². The van der Waals surface area contributed by atoms with Gasteiger partial charge in [0.15, 0.2) is 0 Å². The van der Waals surface area contributed by atoms with E-state index in [2.05, 4.69) is 29.6 Å². The second kappa shape index (κ2) is 6.43. The molecule has 1 aliphatic carbocycles. The Labute approximate surface area is 149 Å². The summed E-state index contributed by atoms with van der Waals surface area (Å²) in [6.45, 7) is 8.64. The largest absolute Gasteiger partial charge is 0.378 e. The van der Waals surface area contributed by atoms with Gasteiger partial charge in [0.2, 0.25) is 5.91 Å². The van der Waals surface area contributed by atoms with Gasteiger partial charge in [0.1, 0.15) is 5.54 Å². The molecule has 25 heavy (non-hydrogen) atoms.